The van der Waals surface area contributed by atoms with Gasteiger partial charge in [0.2, 0.25) is 0 Å². The van der Waals surface area contributed by atoms with E-state index >= 15 is 0 Å². The number of nitrogens with zero attached hydrogens (tertiary/aromatic N) is 4. The van der Waals surface area contributed by atoms with Crippen molar-refractivity contribution in [2.75, 3.05) is 72.0 Å². The molecule has 4 N–H and O–H groups in total. The number of hydrogen-bond donors (Lipinski definition) is 4. The molecule has 0 aliphatic carbocycles. The van der Waals surface area contributed by atoms with Crippen LogP contribution in [0.2, 0.25) is 0 Å². The number of ketones is 1. The zero-order valence-corrected chi connectivity index (χ0v) is 18.9. The Morgan fingerprint density at radius 1 is 0.636 bits per heavy atom. The van der Waals surface area contributed by atoms with E-state index in [2.05, 4.69) is 0 Å². The van der Waals surface area contributed by atoms with E-state index in [1.54, 1.807) is 19.6 Å². The smallest absolute Gasteiger partial charge is 0.320 e. The van der Waals surface area contributed by atoms with Crippen molar-refractivity contribution in [1.82, 2.24) is 19.6 Å². The van der Waals surface area contributed by atoms with Gasteiger partial charge in [0.05, 0.1) is 19.6 Å². The SMILES string of the molecule is CC(=O)CCC(C(=O)O)N1CCN(CC(=O)O)CCN(CC(=O)O)CCN(CC(=O)O)CC1. The maximum atomic E-state index is 11.9. The van der Waals surface area contributed by atoms with Gasteiger partial charge >= 0.3 is 23.9 Å². The van der Waals surface area contributed by atoms with Crippen molar-refractivity contribution < 1.29 is 44.4 Å². The van der Waals surface area contributed by atoms with Gasteiger partial charge in [-0.1, -0.05) is 0 Å². The number of Topliss-reactive ketones (excluding diaryl/α,β-unsaturated/α-hetero) is 1. The Balaban J connectivity index is 3.11. The molecule has 1 atom stereocenters. The summed E-state index contributed by atoms with van der Waals surface area (Å²) in [7, 11) is 0. The summed E-state index contributed by atoms with van der Waals surface area (Å²) in [6.07, 6.45) is 0.171. The molecule has 1 heterocycles. The van der Waals surface area contributed by atoms with E-state index in [1.807, 2.05) is 0 Å². The van der Waals surface area contributed by atoms with E-state index in [9.17, 15) is 44.4 Å². The van der Waals surface area contributed by atoms with Crippen LogP contribution in [0.1, 0.15) is 19.8 Å². The van der Waals surface area contributed by atoms with Crippen molar-refractivity contribution in [3.05, 3.63) is 0 Å². The summed E-state index contributed by atoms with van der Waals surface area (Å²) >= 11 is 0. The van der Waals surface area contributed by atoms with Gasteiger partial charge in [-0.3, -0.25) is 38.8 Å². The first-order chi connectivity index (χ1) is 15.5. The monoisotopic (exact) mass is 474 g/mol. The summed E-state index contributed by atoms with van der Waals surface area (Å²) in [6, 6.07) is -0.973. The number of carbonyl (C=O) groups excluding carboxylic acids is 1. The Morgan fingerprint density at radius 3 is 1.24 bits per heavy atom. The second kappa shape index (κ2) is 14.5. The summed E-state index contributed by atoms with van der Waals surface area (Å²) in [5, 5.41) is 37.4. The predicted molar refractivity (Wildman–Crippen MR) is 115 cm³/mol. The van der Waals surface area contributed by atoms with E-state index in [-0.39, 0.29) is 90.6 Å². The van der Waals surface area contributed by atoms with E-state index in [1.165, 1.54) is 6.92 Å². The Labute approximate surface area is 192 Å². The number of carbonyl (C=O) groups is 5. The number of rotatable bonds is 11. The Bertz CT molecular complexity index is 671. The fourth-order valence-electron chi connectivity index (χ4n) is 3.71. The summed E-state index contributed by atoms with van der Waals surface area (Å²) in [4.78, 5) is 63.6. The number of hydrogen-bond acceptors (Lipinski definition) is 9. The van der Waals surface area contributed by atoms with Crippen molar-refractivity contribution >= 4 is 29.7 Å². The lowest BCUT2D eigenvalue weighted by Crippen LogP contribution is -2.51. The van der Waals surface area contributed by atoms with Crippen molar-refractivity contribution in [3.8, 4) is 0 Å². The van der Waals surface area contributed by atoms with Gasteiger partial charge in [-0.25, -0.2) is 0 Å². The van der Waals surface area contributed by atoms with Crippen LogP contribution in [0, 0.1) is 0 Å². The molecular formula is C20H34N4O9. The van der Waals surface area contributed by atoms with Crippen molar-refractivity contribution in [3.63, 3.8) is 0 Å². The molecule has 1 rings (SSSR count). The highest BCUT2D eigenvalue weighted by Gasteiger charge is 2.28. The Hall–Kier alpha value is -2.61. The third-order valence-corrected chi connectivity index (χ3v) is 5.44. The first-order valence-corrected chi connectivity index (χ1v) is 10.8. The van der Waals surface area contributed by atoms with Gasteiger partial charge in [0, 0.05) is 58.8 Å². The second-order valence-electron chi connectivity index (χ2n) is 8.14. The van der Waals surface area contributed by atoms with Gasteiger partial charge in [0.15, 0.2) is 0 Å². The Kier molecular flexibility index (Phi) is 12.5. The van der Waals surface area contributed by atoms with Crippen LogP contribution in [0.4, 0.5) is 0 Å². The normalized spacial score (nSPS) is 19.2. The molecule has 0 bridgehead atoms. The highest BCUT2D eigenvalue weighted by molar-refractivity contribution is 5.78. The molecule has 1 fully saturated rings. The van der Waals surface area contributed by atoms with E-state index in [4.69, 9.17) is 0 Å². The summed E-state index contributed by atoms with van der Waals surface area (Å²) in [5.74, 6) is -4.41. The lowest BCUT2D eigenvalue weighted by molar-refractivity contribution is -0.145. The molecule has 0 aromatic carbocycles. The van der Waals surface area contributed by atoms with E-state index in [0.29, 0.717) is 0 Å². The van der Waals surface area contributed by atoms with Crippen LogP contribution < -0.4 is 0 Å². The van der Waals surface area contributed by atoms with Crippen LogP contribution in [-0.2, 0) is 24.0 Å². The Morgan fingerprint density at radius 2 is 0.970 bits per heavy atom. The second-order valence-corrected chi connectivity index (χ2v) is 8.14. The van der Waals surface area contributed by atoms with Crippen molar-refractivity contribution in [1.29, 1.82) is 0 Å². The van der Waals surface area contributed by atoms with Crippen LogP contribution in [0.15, 0.2) is 0 Å². The highest BCUT2D eigenvalue weighted by atomic mass is 16.4. The molecule has 1 saturated heterocycles. The van der Waals surface area contributed by atoms with Gasteiger partial charge in [-0.15, -0.1) is 0 Å². The number of aliphatic carboxylic acids is 4. The van der Waals surface area contributed by atoms with Gasteiger partial charge < -0.3 is 25.2 Å². The third kappa shape index (κ3) is 12.3. The largest absolute Gasteiger partial charge is 0.480 e. The topological polar surface area (TPSA) is 179 Å². The maximum Gasteiger partial charge on any atom is 0.320 e. The number of carboxylic acid groups (broad SMARTS) is 4. The first kappa shape index (κ1) is 28.4. The van der Waals surface area contributed by atoms with Crippen LogP contribution in [0.3, 0.4) is 0 Å². The van der Waals surface area contributed by atoms with Crippen molar-refractivity contribution in [2.45, 2.75) is 25.8 Å². The minimum atomic E-state index is -1.11. The molecule has 13 heteroatoms. The fourth-order valence-corrected chi connectivity index (χ4v) is 3.71. The van der Waals surface area contributed by atoms with Crippen molar-refractivity contribution in [2.24, 2.45) is 0 Å². The zero-order chi connectivity index (χ0) is 25.0. The number of carboxylic acids is 4. The molecule has 0 saturated carbocycles. The van der Waals surface area contributed by atoms with Gasteiger partial charge in [-0.05, 0) is 13.3 Å². The van der Waals surface area contributed by atoms with Crippen LogP contribution in [0.5, 0.6) is 0 Å². The quantitative estimate of drug-likeness (QED) is 0.266. The lowest BCUT2D eigenvalue weighted by atomic mass is 10.1. The van der Waals surface area contributed by atoms with Crippen LogP contribution in [-0.4, -0.2) is 148 Å². The summed E-state index contributed by atoms with van der Waals surface area (Å²) in [5.41, 5.74) is 0. The minimum Gasteiger partial charge on any atom is -0.480 e. The first-order valence-electron chi connectivity index (χ1n) is 10.8. The summed E-state index contributed by atoms with van der Waals surface area (Å²) in [6.45, 7) is 2.38. The fraction of sp³-hybridized carbons (Fsp3) is 0.750. The van der Waals surface area contributed by atoms with Crippen LogP contribution >= 0.6 is 0 Å². The minimum absolute atomic E-state index is 0.0787. The highest BCUT2D eigenvalue weighted by Crippen LogP contribution is 2.10. The molecule has 0 amide bonds. The van der Waals surface area contributed by atoms with E-state index in [0.717, 1.165) is 0 Å². The molecule has 33 heavy (non-hydrogen) atoms. The molecule has 0 spiro atoms. The molecule has 188 valence electrons. The van der Waals surface area contributed by atoms with Gasteiger partial charge in [-0.2, -0.15) is 0 Å². The molecule has 13 nitrogen and oxygen atoms in total. The molecule has 0 radical (unpaired) electrons. The molecule has 0 aromatic rings. The van der Waals surface area contributed by atoms with Gasteiger partial charge in [0.1, 0.15) is 11.8 Å². The van der Waals surface area contributed by atoms with E-state index < -0.39 is 29.9 Å². The van der Waals surface area contributed by atoms with Crippen LogP contribution in [0.25, 0.3) is 0 Å². The maximum absolute atomic E-state index is 11.9. The molecule has 1 unspecified atom stereocenters. The molecule has 0 aromatic heterocycles. The predicted octanol–water partition coefficient (Wildman–Crippen LogP) is -1.72. The standard InChI is InChI=1S/C20H34N4O9/c1-15(25)2-3-16(20(32)33)24-10-8-22(13-18(28)29)6-4-21(12-17(26)27)5-7-23(9-11-24)14-19(30)31/h16H,2-14H2,1H3,(H,26,27)(H,28,29)(H,30,31)(H,32,33). The third-order valence-electron chi connectivity index (χ3n) is 5.44. The molecule has 1 aliphatic heterocycles. The molecular weight excluding hydrogens is 440 g/mol. The lowest BCUT2D eigenvalue weighted by Gasteiger charge is -2.35. The van der Waals surface area contributed by atoms with Gasteiger partial charge in [0.25, 0.3) is 0 Å². The zero-order valence-electron chi connectivity index (χ0n) is 18.9. The average molecular weight is 475 g/mol. The summed E-state index contributed by atoms with van der Waals surface area (Å²) < 4.78 is 0. The average Bonchev–Trinajstić information content (AvgIpc) is 2.67. The molecule has 1 aliphatic rings.